The lowest BCUT2D eigenvalue weighted by Gasteiger charge is -2.34. The number of hydrogen-bond acceptors (Lipinski definition) is 0. The molecule has 1 saturated heterocycles. The zero-order valence-corrected chi connectivity index (χ0v) is 20.8. The van der Waals surface area contributed by atoms with Crippen LogP contribution < -0.4 is 0 Å². The van der Waals surface area contributed by atoms with Gasteiger partial charge in [-0.05, 0) is 25.7 Å². The van der Waals surface area contributed by atoms with E-state index in [0.717, 1.165) is 0 Å². The Morgan fingerprint density at radius 3 is 1.00 bits per heavy atom. The van der Waals surface area contributed by atoms with Crippen LogP contribution in [0.5, 0.6) is 0 Å². The van der Waals surface area contributed by atoms with Crippen molar-refractivity contribution in [1.82, 2.24) is 0 Å². The molecule has 0 amide bonds. The van der Waals surface area contributed by atoms with Crippen molar-refractivity contribution in [2.75, 3.05) is 26.2 Å². The third-order valence-corrected chi connectivity index (χ3v) is 7.49. The maximum absolute atomic E-state index is 2.33. The van der Waals surface area contributed by atoms with Crippen LogP contribution in [0.4, 0.5) is 0 Å². The minimum absolute atomic E-state index is 1.37. The van der Waals surface area contributed by atoms with Crippen LogP contribution in [-0.2, 0) is 0 Å². The Bertz CT molecular complexity index is 318. The molecule has 0 unspecified atom stereocenters. The van der Waals surface area contributed by atoms with Crippen LogP contribution >= 0.6 is 0 Å². The molecule has 1 fully saturated rings. The largest absolute Gasteiger partial charge is 0.324 e. The van der Waals surface area contributed by atoms with Gasteiger partial charge in [0.05, 0.1) is 26.2 Å². The predicted octanol–water partition coefficient (Wildman–Crippen LogP) is 9.44. The zero-order valence-electron chi connectivity index (χ0n) is 20.8. The van der Waals surface area contributed by atoms with E-state index in [1.54, 1.807) is 0 Å². The van der Waals surface area contributed by atoms with Gasteiger partial charge < -0.3 is 4.48 Å². The van der Waals surface area contributed by atoms with Gasteiger partial charge in [-0.1, -0.05) is 117 Å². The lowest BCUT2D eigenvalue weighted by Crippen LogP contribution is -2.46. The topological polar surface area (TPSA) is 0 Å². The molecule has 0 aromatic carbocycles. The lowest BCUT2D eigenvalue weighted by atomic mass is 10.0. The molecule has 0 atom stereocenters. The lowest BCUT2D eigenvalue weighted by molar-refractivity contribution is -0.917. The first kappa shape index (κ1) is 27.0. The molecule has 1 nitrogen and oxygen atoms in total. The van der Waals surface area contributed by atoms with E-state index >= 15 is 0 Å². The Hall–Kier alpha value is -0.0400. The van der Waals surface area contributed by atoms with Gasteiger partial charge in [0.2, 0.25) is 0 Å². The molecule has 0 spiro atoms. The van der Waals surface area contributed by atoms with Crippen LogP contribution in [-0.4, -0.2) is 30.7 Å². The molecule has 0 radical (unpaired) electrons. The van der Waals surface area contributed by atoms with Crippen LogP contribution in [0, 0.1) is 0 Å². The number of likely N-dealkylation sites (tertiary alicyclic amines) is 1. The fraction of sp³-hybridized carbons (Fsp3) is 1.00. The molecular formula is C28H58N+. The van der Waals surface area contributed by atoms with E-state index in [-0.39, 0.29) is 0 Å². The van der Waals surface area contributed by atoms with E-state index in [9.17, 15) is 0 Å². The molecule has 0 aromatic heterocycles. The van der Waals surface area contributed by atoms with Gasteiger partial charge in [0, 0.05) is 12.8 Å². The molecule has 0 saturated carbocycles. The second kappa shape index (κ2) is 19.9. The summed E-state index contributed by atoms with van der Waals surface area (Å²) in [4.78, 5) is 0. The van der Waals surface area contributed by atoms with E-state index in [1.165, 1.54) is 172 Å². The van der Waals surface area contributed by atoms with Crippen molar-refractivity contribution in [3.63, 3.8) is 0 Å². The van der Waals surface area contributed by atoms with E-state index in [2.05, 4.69) is 13.8 Å². The predicted molar refractivity (Wildman–Crippen MR) is 133 cm³/mol. The fourth-order valence-corrected chi connectivity index (χ4v) is 5.43. The SMILES string of the molecule is CCCCCCCCCCCCCCCCCC[N+]1(CCCCCC)CCCC1. The van der Waals surface area contributed by atoms with Gasteiger partial charge in [0.15, 0.2) is 0 Å². The fourth-order valence-electron chi connectivity index (χ4n) is 5.43. The summed E-state index contributed by atoms with van der Waals surface area (Å²) in [6.07, 6.45) is 32.4. The van der Waals surface area contributed by atoms with Crippen molar-refractivity contribution in [3.8, 4) is 0 Å². The third kappa shape index (κ3) is 15.4. The Morgan fingerprint density at radius 2 is 0.655 bits per heavy atom. The van der Waals surface area contributed by atoms with Gasteiger partial charge in [0.25, 0.3) is 0 Å². The average molecular weight is 409 g/mol. The molecule has 0 N–H and O–H groups in total. The van der Waals surface area contributed by atoms with Crippen molar-refractivity contribution >= 4 is 0 Å². The monoisotopic (exact) mass is 408 g/mol. The summed E-state index contributed by atoms with van der Waals surface area (Å²) in [5, 5.41) is 0. The maximum atomic E-state index is 2.33. The molecule has 29 heavy (non-hydrogen) atoms. The first-order chi connectivity index (χ1) is 14.3. The number of hydrogen-bond donors (Lipinski definition) is 0. The number of unbranched alkanes of at least 4 members (excludes halogenated alkanes) is 18. The molecule has 1 rings (SSSR count). The third-order valence-electron chi connectivity index (χ3n) is 7.49. The van der Waals surface area contributed by atoms with Gasteiger partial charge in [-0.15, -0.1) is 0 Å². The van der Waals surface area contributed by atoms with E-state index in [4.69, 9.17) is 0 Å². The quantitative estimate of drug-likeness (QED) is 0.124. The molecule has 1 aliphatic rings. The van der Waals surface area contributed by atoms with Crippen LogP contribution in [0.15, 0.2) is 0 Å². The highest BCUT2D eigenvalue weighted by Gasteiger charge is 2.30. The molecule has 0 aliphatic carbocycles. The summed E-state index contributed by atoms with van der Waals surface area (Å²) in [6.45, 7) is 10.6. The van der Waals surface area contributed by atoms with Gasteiger partial charge in [0.1, 0.15) is 0 Å². The molecule has 0 bridgehead atoms. The van der Waals surface area contributed by atoms with E-state index in [0.29, 0.717) is 0 Å². The highest BCUT2D eigenvalue weighted by molar-refractivity contribution is 4.57. The minimum atomic E-state index is 1.37. The van der Waals surface area contributed by atoms with E-state index in [1.807, 2.05) is 0 Å². The molecule has 1 heteroatoms. The number of nitrogens with zero attached hydrogens (tertiary/aromatic N) is 1. The van der Waals surface area contributed by atoms with Crippen LogP contribution in [0.1, 0.15) is 155 Å². The van der Waals surface area contributed by atoms with Crippen molar-refractivity contribution in [1.29, 1.82) is 0 Å². The summed E-state index contributed by atoms with van der Waals surface area (Å²) in [6, 6.07) is 0. The highest BCUT2D eigenvalue weighted by atomic mass is 15.4. The first-order valence-corrected chi connectivity index (χ1v) is 14.2. The minimum Gasteiger partial charge on any atom is -0.324 e. The Labute approximate surface area is 186 Å². The van der Waals surface area contributed by atoms with Crippen molar-refractivity contribution in [2.45, 2.75) is 155 Å². The van der Waals surface area contributed by atoms with Crippen LogP contribution in [0.2, 0.25) is 0 Å². The second-order valence-corrected chi connectivity index (χ2v) is 10.3. The van der Waals surface area contributed by atoms with Gasteiger partial charge in [-0.2, -0.15) is 0 Å². The van der Waals surface area contributed by atoms with Gasteiger partial charge in [-0.3, -0.25) is 0 Å². The van der Waals surface area contributed by atoms with E-state index < -0.39 is 0 Å². The number of rotatable bonds is 22. The molecule has 1 aliphatic heterocycles. The maximum Gasteiger partial charge on any atom is 0.0788 e. The Balaban J connectivity index is 1.84. The van der Waals surface area contributed by atoms with Crippen molar-refractivity contribution < 1.29 is 4.48 Å². The molecular weight excluding hydrogens is 350 g/mol. The van der Waals surface area contributed by atoms with Crippen molar-refractivity contribution in [2.24, 2.45) is 0 Å². The summed E-state index contributed by atoms with van der Waals surface area (Å²) >= 11 is 0. The van der Waals surface area contributed by atoms with Gasteiger partial charge >= 0.3 is 0 Å². The molecule has 1 heterocycles. The summed E-state index contributed by atoms with van der Waals surface area (Å²) in [5.41, 5.74) is 0. The van der Waals surface area contributed by atoms with Crippen molar-refractivity contribution in [3.05, 3.63) is 0 Å². The van der Waals surface area contributed by atoms with Crippen LogP contribution in [0.25, 0.3) is 0 Å². The van der Waals surface area contributed by atoms with Gasteiger partial charge in [-0.25, -0.2) is 0 Å². The smallest absolute Gasteiger partial charge is 0.0788 e. The molecule has 174 valence electrons. The average Bonchev–Trinajstić information content (AvgIpc) is 3.20. The Morgan fingerprint density at radius 1 is 0.379 bits per heavy atom. The normalized spacial score (nSPS) is 15.9. The second-order valence-electron chi connectivity index (χ2n) is 10.3. The standard InChI is InChI=1S/C28H58N/c1-3-5-7-9-10-11-12-13-14-15-16-17-18-19-20-22-26-29(27-23-24-28-29)25-21-8-6-4-2/h3-28H2,1-2H3/q+1. The van der Waals surface area contributed by atoms with Crippen LogP contribution in [0.3, 0.4) is 0 Å². The molecule has 0 aromatic rings. The summed E-state index contributed by atoms with van der Waals surface area (Å²) < 4.78 is 1.49. The zero-order chi connectivity index (χ0) is 20.9. The number of quaternary nitrogens is 1. The summed E-state index contributed by atoms with van der Waals surface area (Å²) in [5.74, 6) is 0. The Kier molecular flexibility index (Phi) is 18.5. The first-order valence-electron chi connectivity index (χ1n) is 14.2. The summed E-state index contributed by atoms with van der Waals surface area (Å²) in [7, 11) is 0. The highest BCUT2D eigenvalue weighted by Crippen LogP contribution is 2.23.